The van der Waals surface area contributed by atoms with Crippen molar-refractivity contribution in [3.63, 3.8) is 0 Å². The first-order chi connectivity index (χ1) is 19.2. The van der Waals surface area contributed by atoms with E-state index in [1.165, 1.54) is 11.3 Å². The van der Waals surface area contributed by atoms with E-state index in [0.717, 1.165) is 16.0 Å². The van der Waals surface area contributed by atoms with Crippen LogP contribution >= 0.6 is 34.5 Å². The van der Waals surface area contributed by atoms with Gasteiger partial charge in [-0.15, -0.1) is 11.3 Å². The lowest BCUT2D eigenvalue weighted by Gasteiger charge is -2.16. The molecule has 0 spiro atoms. The van der Waals surface area contributed by atoms with Gasteiger partial charge in [-0.3, -0.25) is 9.59 Å². The molecule has 0 aliphatic carbocycles. The van der Waals surface area contributed by atoms with Gasteiger partial charge in [-0.25, -0.2) is 4.79 Å². The number of aryl methyl sites for hydroxylation is 1. The van der Waals surface area contributed by atoms with Crippen molar-refractivity contribution in [2.24, 2.45) is 0 Å². The molecule has 1 atom stereocenters. The first-order valence-electron chi connectivity index (χ1n) is 12.4. The predicted octanol–water partition coefficient (Wildman–Crippen LogP) is 7.87. The third kappa shape index (κ3) is 6.83. The first kappa shape index (κ1) is 29.1. The Bertz CT molecular complexity index is 1540. The molecule has 0 bridgehead atoms. The Hall–Kier alpha value is -3.85. The molecule has 0 radical (unpaired) electrons. The second-order valence-electron chi connectivity index (χ2n) is 8.68. The van der Waals surface area contributed by atoms with E-state index < -0.39 is 23.9 Å². The van der Waals surface area contributed by atoms with Gasteiger partial charge in [0.05, 0.1) is 17.3 Å². The second-order valence-corrected chi connectivity index (χ2v) is 10.7. The molecule has 2 N–H and O–H groups in total. The van der Waals surface area contributed by atoms with Crippen LogP contribution in [0.1, 0.15) is 39.4 Å². The smallest absolute Gasteiger partial charge is 0.341 e. The Morgan fingerprint density at radius 1 is 0.950 bits per heavy atom. The molecule has 4 aromatic rings. The maximum absolute atomic E-state index is 13.1. The Morgan fingerprint density at radius 3 is 2.33 bits per heavy atom. The minimum absolute atomic E-state index is 0.208. The summed E-state index contributed by atoms with van der Waals surface area (Å²) >= 11 is 13.4. The number of benzene rings is 3. The molecule has 3 aromatic carbocycles. The summed E-state index contributed by atoms with van der Waals surface area (Å²) in [6, 6.07) is 20.6. The van der Waals surface area contributed by atoms with Crippen molar-refractivity contribution in [2.45, 2.75) is 26.9 Å². The van der Waals surface area contributed by atoms with Crippen molar-refractivity contribution in [1.82, 2.24) is 0 Å². The summed E-state index contributed by atoms with van der Waals surface area (Å²) in [4.78, 5) is 39.5. The molecular weight excluding hydrogens is 571 g/mol. The molecule has 0 saturated heterocycles. The lowest BCUT2D eigenvalue weighted by atomic mass is 10.0. The van der Waals surface area contributed by atoms with Gasteiger partial charge in [0, 0.05) is 21.0 Å². The van der Waals surface area contributed by atoms with Crippen LogP contribution in [0.2, 0.25) is 10.0 Å². The van der Waals surface area contributed by atoms with Gasteiger partial charge in [-0.1, -0.05) is 53.5 Å². The summed E-state index contributed by atoms with van der Waals surface area (Å²) in [5, 5.41) is 6.75. The summed E-state index contributed by atoms with van der Waals surface area (Å²) in [5.74, 6) is -0.933. The molecule has 2 amide bonds. The lowest BCUT2D eigenvalue weighted by molar-refractivity contribution is -0.122. The first-order valence-corrected chi connectivity index (χ1v) is 13.9. The lowest BCUT2D eigenvalue weighted by Crippen LogP contribution is -2.30. The van der Waals surface area contributed by atoms with E-state index in [2.05, 4.69) is 10.6 Å². The van der Waals surface area contributed by atoms with Crippen LogP contribution in [0.5, 0.6) is 5.75 Å². The molecule has 40 heavy (non-hydrogen) atoms. The molecule has 0 aliphatic rings. The fraction of sp³-hybridized carbons (Fsp3) is 0.167. The number of hydrogen-bond donors (Lipinski definition) is 2. The van der Waals surface area contributed by atoms with Crippen LogP contribution in [0.15, 0.2) is 72.8 Å². The summed E-state index contributed by atoms with van der Waals surface area (Å²) < 4.78 is 11.0. The quantitative estimate of drug-likeness (QED) is 0.192. The van der Waals surface area contributed by atoms with Crippen LogP contribution in [0.25, 0.3) is 11.1 Å². The minimum Gasteiger partial charge on any atom is -0.481 e. The average Bonchev–Trinajstić information content (AvgIpc) is 3.26. The van der Waals surface area contributed by atoms with Gasteiger partial charge in [-0.2, -0.15) is 0 Å². The highest BCUT2D eigenvalue weighted by Crippen LogP contribution is 2.40. The third-order valence-electron chi connectivity index (χ3n) is 5.84. The third-order valence-corrected chi connectivity index (χ3v) is 7.42. The van der Waals surface area contributed by atoms with E-state index >= 15 is 0 Å². The molecule has 0 unspecified atom stereocenters. The number of hydrogen-bond acceptors (Lipinski definition) is 6. The molecule has 1 aromatic heterocycles. The van der Waals surface area contributed by atoms with E-state index in [4.69, 9.17) is 32.7 Å². The summed E-state index contributed by atoms with van der Waals surface area (Å²) in [6.45, 7) is 5.43. The van der Waals surface area contributed by atoms with Gasteiger partial charge in [-0.05, 0) is 68.8 Å². The maximum atomic E-state index is 13.1. The number of anilines is 2. The molecule has 7 nitrogen and oxygen atoms in total. The Balaban J connectivity index is 1.47. The van der Waals surface area contributed by atoms with E-state index in [1.54, 1.807) is 56.3 Å². The molecule has 0 fully saturated rings. The molecular formula is C30H26Cl2N2O5S. The second kappa shape index (κ2) is 13.0. The summed E-state index contributed by atoms with van der Waals surface area (Å²) in [5.41, 5.74) is 2.63. The number of halogens is 2. The molecule has 206 valence electrons. The van der Waals surface area contributed by atoms with Crippen molar-refractivity contribution >= 4 is 63.0 Å². The topological polar surface area (TPSA) is 93.7 Å². The molecule has 0 saturated carbocycles. The fourth-order valence-corrected chi connectivity index (χ4v) is 5.32. The van der Waals surface area contributed by atoms with E-state index in [9.17, 15) is 14.4 Å². The highest BCUT2D eigenvalue weighted by atomic mass is 35.5. The van der Waals surface area contributed by atoms with Gasteiger partial charge in [0.2, 0.25) is 0 Å². The highest BCUT2D eigenvalue weighted by Gasteiger charge is 2.26. The number of carbonyl (C=O) groups is 3. The largest absolute Gasteiger partial charge is 0.481 e. The van der Waals surface area contributed by atoms with Crippen molar-refractivity contribution in [2.75, 3.05) is 17.2 Å². The molecule has 10 heteroatoms. The maximum Gasteiger partial charge on any atom is 0.341 e. The number of amides is 2. The standard InChI is InChI=1S/C30H26Cl2N2O5S/c1-4-38-30(37)26-25(19-8-6-5-7-9-19)18(3)40-29(26)34-28(36)20-10-13-22(14-11-20)39-17(2)27(35)33-24-16-21(31)12-15-23(24)32/h5-17H,4H2,1-3H3,(H,33,35)(H,34,36)/t17-/m0/s1. The number of carbonyl (C=O) groups excluding carboxylic acids is 3. The van der Waals surface area contributed by atoms with Crippen molar-refractivity contribution in [1.29, 1.82) is 0 Å². The zero-order valence-electron chi connectivity index (χ0n) is 21.9. The number of thiophene rings is 1. The van der Waals surface area contributed by atoms with E-state index in [1.807, 2.05) is 37.3 Å². The zero-order chi connectivity index (χ0) is 28.8. The van der Waals surface area contributed by atoms with Crippen molar-refractivity contribution in [3.8, 4) is 16.9 Å². The number of esters is 1. The SMILES string of the molecule is CCOC(=O)c1c(NC(=O)c2ccc(O[C@@H](C)C(=O)Nc3cc(Cl)ccc3Cl)cc2)sc(C)c1-c1ccccc1. The summed E-state index contributed by atoms with van der Waals surface area (Å²) in [6.07, 6.45) is -0.854. The van der Waals surface area contributed by atoms with E-state index in [0.29, 0.717) is 37.6 Å². The van der Waals surface area contributed by atoms with Crippen LogP contribution in [0, 0.1) is 6.92 Å². The van der Waals surface area contributed by atoms with Gasteiger partial charge in [0.15, 0.2) is 6.10 Å². The van der Waals surface area contributed by atoms with Crippen LogP contribution in [0.3, 0.4) is 0 Å². The van der Waals surface area contributed by atoms with Crippen LogP contribution in [0.4, 0.5) is 10.7 Å². The van der Waals surface area contributed by atoms with Crippen LogP contribution in [-0.2, 0) is 9.53 Å². The minimum atomic E-state index is -0.854. The molecule has 0 aliphatic heterocycles. The van der Waals surface area contributed by atoms with Crippen molar-refractivity contribution in [3.05, 3.63) is 98.8 Å². The molecule has 1 heterocycles. The van der Waals surface area contributed by atoms with Gasteiger partial charge in [0.1, 0.15) is 16.3 Å². The van der Waals surface area contributed by atoms with E-state index in [-0.39, 0.29) is 6.61 Å². The molecule has 4 rings (SSSR count). The highest BCUT2D eigenvalue weighted by molar-refractivity contribution is 7.17. The van der Waals surface area contributed by atoms with Crippen LogP contribution < -0.4 is 15.4 Å². The summed E-state index contributed by atoms with van der Waals surface area (Å²) in [7, 11) is 0. The zero-order valence-corrected chi connectivity index (χ0v) is 24.2. The van der Waals surface area contributed by atoms with Gasteiger partial charge >= 0.3 is 5.97 Å². The fourth-order valence-electron chi connectivity index (χ4n) is 3.93. The Labute approximate surface area is 246 Å². The van der Waals surface area contributed by atoms with Gasteiger partial charge < -0.3 is 20.1 Å². The monoisotopic (exact) mass is 596 g/mol. The van der Waals surface area contributed by atoms with Crippen LogP contribution in [-0.4, -0.2) is 30.5 Å². The Morgan fingerprint density at radius 2 is 1.65 bits per heavy atom. The van der Waals surface area contributed by atoms with Crippen molar-refractivity contribution < 1.29 is 23.9 Å². The average molecular weight is 598 g/mol. The number of nitrogens with one attached hydrogen (secondary N) is 2. The van der Waals surface area contributed by atoms with Gasteiger partial charge in [0.25, 0.3) is 11.8 Å². The Kier molecular flexibility index (Phi) is 9.47. The number of rotatable bonds is 9. The normalized spacial score (nSPS) is 11.4. The predicted molar refractivity (Wildman–Crippen MR) is 160 cm³/mol. The number of ether oxygens (including phenoxy) is 2.